The molecule has 0 radical (unpaired) electrons. The maximum atomic E-state index is 9.59. The summed E-state index contributed by atoms with van der Waals surface area (Å²) in [6.45, 7) is 13.2. The van der Waals surface area contributed by atoms with E-state index in [9.17, 15) is 5.11 Å². The molecule has 0 saturated carbocycles. The normalized spacial score (nSPS) is 11.9. The molecule has 43 heavy (non-hydrogen) atoms. The number of anilines is 1. The van der Waals surface area contributed by atoms with Crippen LogP contribution < -0.4 is 21.3 Å². The quantitative estimate of drug-likeness (QED) is 0.0560. The summed E-state index contributed by atoms with van der Waals surface area (Å²) in [5.41, 5.74) is 1.99. The molecule has 12 nitrogen and oxygen atoms in total. The van der Waals surface area contributed by atoms with E-state index in [-0.39, 0.29) is 5.75 Å². The predicted octanol–water partition coefficient (Wildman–Crippen LogP) is 2.73. The van der Waals surface area contributed by atoms with Gasteiger partial charge in [0.25, 0.3) is 0 Å². The molecule has 2 aromatic rings. The van der Waals surface area contributed by atoms with Gasteiger partial charge in [0, 0.05) is 32.4 Å². The minimum atomic E-state index is 0.176. The minimum Gasteiger partial charge on any atom is -0.508 e. The van der Waals surface area contributed by atoms with Crippen LogP contribution in [0.3, 0.4) is 0 Å². The maximum absolute atomic E-state index is 9.59. The summed E-state index contributed by atoms with van der Waals surface area (Å²) in [5, 5.41) is 22.4. The average Bonchev–Trinajstić information content (AvgIpc) is 3.00. The van der Waals surface area contributed by atoms with Crippen molar-refractivity contribution in [3.05, 3.63) is 72.6 Å². The average molecular weight is 601 g/mol. The maximum Gasteiger partial charge on any atom is 0.207 e. The highest BCUT2D eigenvalue weighted by atomic mass is 16.5. The SMILES string of the molecule is C=C(NCCOCCOCCOC)NC(=NC(C)=NCCOCCOCCNCc1ccccc1)Nc1ccc(O)cc1. The molecule has 0 atom stereocenters. The van der Waals surface area contributed by atoms with Crippen LogP contribution in [0.15, 0.2) is 77.0 Å². The van der Waals surface area contributed by atoms with Gasteiger partial charge in [-0.25, -0.2) is 4.99 Å². The zero-order valence-corrected chi connectivity index (χ0v) is 25.5. The van der Waals surface area contributed by atoms with Crippen LogP contribution in [0.4, 0.5) is 5.69 Å². The fourth-order valence-electron chi connectivity index (χ4n) is 3.46. The third-order valence-corrected chi connectivity index (χ3v) is 5.60. The first-order chi connectivity index (χ1) is 21.1. The fraction of sp³-hybridized carbons (Fsp3) is 0.484. The number of nitrogens with zero attached hydrogens (tertiary/aromatic N) is 2. The summed E-state index contributed by atoms with van der Waals surface area (Å²) in [6.07, 6.45) is 0. The van der Waals surface area contributed by atoms with Gasteiger partial charge in [0.1, 0.15) is 11.6 Å². The molecule has 0 aliphatic rings. The van der Waals surface area contributed by atoms with Crippen LogP contribution in [0.5, 0.6) is 5.75 Å². The smallest absolute Gasteiger partial charge is 0.207 e. The molecule has 238 valence electrons. The third-order valence-electron chi connectivity index (χ3n) is 5.60. The number of phenols is 1. The number of guanidine groups is 1. The van der Waals surface area contributed by atoms with Crippen LogP contribution in [0, 0.1) is 0 Å². The Balaban J connectivity index is 1.66. The highest BCUT2D eigenvalue weighted by molar-refractivity contribution is 6.02. The predicted molar refractivity (Wildman–Crippen MR) is 171 cm³/mol. The Bertz CT molecular complexity index is 1050. The standard InChI is InChI=1S/C31H48N6O6/c1-26(33-14-17-41-22-21-40-16-13-32-25-28-7-5-4-6-8-28)35-31(37-29-9-11-30(38)12-10-29)36-27(2)34-15-18-42-23-24-43-20-19-39-3/h4-12,32,34,38H,2,13-25H2,1,3H3,(H2,33,35,36,37). The summed E-state index contributed by atoms with van der Waals surface area (Å²) in [7, 11) is 1.64. The first-order valence-corrected chi connectivity index (χ1v) is 14.5. The number of aliphatic imine (C=N–C) groups is 2. The first kappa shape index (κ1) is 35.7. The van der Waals surface area contributed by atoms with Gasteiger partial charge in [-0.2, -0.15) is 0 Å². The van der Waals surface area contributed by atoms with E-state index in [1.165, 1.54) is 5.56 Å². The zero-order valence-electron chi connectivity index (χ0n) is 25.5. The summed E-state index contributed by atoms with van der Waals surface area (Å²) in [4.78, 5) is 9.04. The molecule has 0 amide bonds. The Labute approximate surface area is 255 Å². The second-order valence-electron chi connectivity index (χ2n) is 9.20. The monoisotopic (exact) mass is 600 g/mol. The number of methoxy groups -OCH3 is 1. The Kier molecular flexibility index (Phi) is 19.9. The van der Waals surface area contributed by atoms with Gasteiger partial charge < -0.3 is 50.1 Å². The molecule has 2 rings (SSSR count). The van der Waals surface area contributed by atoms with Gasteiger partial charge >= 0.3 is 0 Å². The van der Waals surface area contributed by atoms with E-state index in [2.05, 4.69) is 50.0 Å². The van der Waals surface area contributed by atoms with Gasteiger partial charge in [-0.1, -0.05) is 36.9 Å². The number of benzene rings is 2. The van der Waals surface area contributed by atoms with E-state index in [1.54, 1.807) is 31.4 Å². The van der Waals surface area contributed by atoms with Crippen molar-refractivity contribution in [3.8, 4) is 5.75 Å². The summed E-state index contributed by atoms with van der Waals surface area (Å²) >= 11 is 0. The molecule has 0 unspecified atom stereocenters. The van der Waals surface area contributed by atoms with Crippen molar-refractivity contribution in [2.24, 2.45) is 9.98 Å². The summed E-state index contributed by atoms with van der Waals surface area (Å²) < 4.78 is 27.1. The Morgan fingerprint density at radius 3 is 2.12 bits per heavy atom. The topological polar surface area (TPSA) is 139 Å². The third kappa shape index (κ3) is 19.3. The van der Waals surface area contributed by atoms with E-state index in [4.69, 9.17) is 23.7 Å². The Hall–Kier alpha value is -3.52. The second-order valence-corrected chi connectivity index (χ2v) is 9.20. The van der Waals surface area contributed by atoms with Gasteiger partial charge in [0.2, 0.25) is 5.96 Å². The Morgan fingerprint density at radius 1 is 0.791 bits per heavy atom. The van der Waals surface area contributed by atoms with Gasteiger partial charge in [-0.05, 0) is 36.8 Å². The fourth-order valence-corrected chi connectivity index (χ4v) is 3.46. The van der Waals surface area contributed by atoms with Crippen molar-refractivity contribution >= 4 is 17.5 Å². The molecule has 0 saturated heterocycles. The van der Waals surface area contributed by atoms with Gasteiger partial charge in [0.15, 0.2) is 0 Å². The highest BCUT2D eigenvalue weighted by Crippen LogP contribution is 2.13. The van der Waals surface area contributed by atoms with Crippen LogP contribution >= 0.6 is 0 Å². The molecule has 0 fully saturated rings. The molecular weight excluding hydrogens is 552 g/mol. The van der Waals surface area contributed by atoms with E-state index >= 15 is 0 Å². The molecule has 5 N–H and O–H groups in total. The van der Waals surface area contributed by atoms with Crippen molar-refractivity contribution in [2.75, 3.05) is 91.5 Å². The molecular formula is C31H48N6O6. The van der Waals surface area contributed by atoms with Crippen LogP contribution in [-0.2, 0) is 30.2 Å². The summed E-state index contributed by atoms with van der Waals surface area (Å²) in [6, 6.07) is 16.9. The van der Waals surface area contributed by atoms with Crippen molar-refractivity contribution in [1.82, 2.24) is 16.0 Å². The molecule has 2 aromatic carbocycles. The molecule has 0 aliphatic heterocycles. The number of nitrogens with one attached hydrogen (secondary N) is 4. The lowest BCUT2D eigenvalue weighted by molar-refractivity contribution is 0.0258. The molecule has 0 heterocycles. The van der Waals surface area contributed by atoms with Crippen LogP contribution in [0.2, 0.25) is 0 Å². The van der Waals surface area contributed by atoms with E-state index in [0.717, 1.165) is 18.8 Å². The first-order valence-electron chi connectivity index (χ1n) is 14.5. The van der Waals surface area contributed by atoms with Crippen LogP contribution in [-0.4, -0.2) is 103 Å². The van der Waals surface area contributed by atoms with E-state index < -0.39 is 0 Å². The molecule has 0 aliphatic carbocycles. The lowest BCUT2D eigenvalue weighted by Gasteiger charge is -2.16. The van der Waals surface area contributed by atoms with Crippen LogP contribution in [0.25, 0.3) is 0 Å². The van der Waals surface area contributed by atoms with E-state index in [1.807, 2.05) is 25.1 Å². The van der Waals surface area contributed by atoms with Gasteiger partial charge in [-0.3, -0.25) is 4.99 Å². The molecule has 12 heteroatoms. The summed E-state index contributed by atoms with van der Waals surface area (Å²) in [5.74, 6) is 1.70. The Morgan fingerprint density at radius 2 is 1.42 bits per heavy atom. The number of rotatable bonds is 23. The number of aromatic hydroxyl groups is 1. The minimum absolute atomic E-state index is 0.176. The zero-order chi connectivity index (χ0) is 30.8. The number of hydrogen-bond donors (Lipinski definition) is 5. The van der Waals surface area contributed by atoms with Gasteiger partial charge in [-0.15, -0.1) is 0 Å². The van der Waals surface area contributed by atoms with Crippen molar-refractivity contribution in [2.45, 2.75) is 13.5 Å². The van der Waals surface area contributed by atoms with Gasteiger partial charge in [0.05, 0.1) is 71.8 Å². The number of phenolic OH excluding ortho intramolecular Hbond substituents is 1. The molecule has 0 spiro atoms. The lowest BCUT2D eigenvalue weighted by atomic mass is 10.2. The largest absolute Gasteiger partial charge is 0.508 e. The number of amidine groups is 1. The van der Waals surface area contributed by atoms with Crippen molar-refractivity contribution < 1.29 is 28.8 Å². The molecule has 0 aromatic heterocycles. The lowest BCUT2D eigenvalue weighted by Crippen LogP contribution is -2.37. The second kappa shape index (κ2) is 24.0. The highest BCUT2D eigenvalue weighted by Gasteiger charge is 2.04. The number of hydrogen-bond acceptors (Lipinski definition) is 9. The molecule has 0 bridgehead atoms. The van der Waals surface area contributed by atoms with Crippen molar-refractivity contribution in [1.29, 1.82) is 0 Å². The number of ether oxygens (including phenoxy) is 5. The van der Waals surface area contributed by atoms with Crippen LogP contribution in [0.1, 0.15) is 12.5 Å². The van der Waals surface area contributed by atoms with Crippen molar-refractivity contribution in [3.63, 3.8) is 0 Å². The van der Waals surface area contributed by atoms with E-state index in [0.29, 0.717) is 90.2 Å².